The fraction of sp³-hybridized carbons (Fsp3) is 0.227. The van der Waals surface area contributed by atoms with Crippen molar-refractivity contribution >= 4 is 39.7 Å². The van der Waals surface area contributed by atoms with Gasteiger partial charge in [-0.1, -0.05) is 37.3 Å². The monoisotopic (exact) mass is 410 g/mol. The molecule has 1 unspecified atom stereocenters. The number of carbonyl (C=O) groups is 1. The van der Waals surface area contributed by atoms with Crippen LogP contribution in [0.2, 0.25) is 0 Å². The van der Waals surface area contributed by atoms with Gasteiger partial charge in [-0.25, -0.2) is 0 Å². The number of thiophene rings is 1. The minimum absolute atomic E-state index is 0.0603. The average molecular weight is 411 g/mol. The molecule has 0 saturated carbocycles. The molecule has 1 aliphatic rings. The second kappa shape index (κ2) is 8.29. The number of hydrogen-bond acceptors (Lipinski definition) is 5. The second-order valence-electron chi connectivity index (χ2n) is 6.64. The zero-order chi connectivity index (χ0) is 19.5. The molecular weight excluding hydrogens is 388 g/mol. The number of thioether (sulfide) groups is 1. The molecule has 4 nitrogen and oxygen atoms in total. The summed E-state index contributed by atoms with van der Waals surface area (Å²) < 4.78 is 5.35. The van der Waals surface area contributed by atoms with Crippen LogP contribution >= 0.6 is 23.1 Å². The number of nitrogens with zero attached hydrogens (tertiary/aromatic N) is 1. The molecule has 144 valence electrons. The highest BCUT2D eigenvalue weighted by molar-refractivity contribution is 8.00. The third-order valence-electron chi connectivity index (χ3n) is 4.64. The minimum atomic E-state index is -0.0603. The third kappa shape index (κ3) is 3.88. The summed E-state index contributed by atoms with van der Waals surface area (Å²) in [4.78, 5) is 17.0. The van der Waals surface area contributed by atoms with Crippen LogP contribution in [0, 0.1) is 0 Å². The fourth-order valence-corrected chi connectivity index (χ4v) is 5.36. The van der Waals surface area contributed by atoms with Crippen molar-refractivity contribution < 1.29 is 9.53 Å². The van der Waals surface area contributed by atoms with E-state index in [4.69, 9.17) is 4.74 Å². The van der Waals surface area contributed by atoms with Gasteiger partial charge in [0.15, 0.2) is 0 Å². The van der Waals surface area contributed by atoms with Crippen molar-refractivity contribution in [2.45, 2.75) is 23.6 Å². The van der Waals surface area contributed by atoms with Gasteiger partial charge in [0.2, 0.25) is 0 Å². The maximum Gasteiger partial charge on any atom is 0.261 e. The van der Waals surface area contributed by atoms with Crippen LogP contribution in [0.15, 0.2) is 65.6 Å². The van der Waals surface area contributed by atoms with Crippen molar-refractivity contribution in [1.82, 2.24) is 5.32 Å². The van der Waals surface area contributed by atoms with Crippen LogP contribution < -0.4 is 15.0 Å². The van der Waals surface area contributed by atoms with Gasteiger partial charge in [-0.05, 0) is 30.3 Å². The van der Waals surface area contributed by atoms with Gasteiger partial charge in [0, 0.05) is 28.8 Å². The Hall–Kier alpha value is -2.44. The topological polar surface area (TPSA) is 41.6 Å². The van der Waals surface area contributed by atoms with Crippen LogP contribution in [0.25, 0.3) is 0 Å². The maximum atomic E-state index is 12.7. The van der Waals surface area contributed by atoms with Crippen molar-refractivity contribution in [3.8, 4) is 5.75 Å². The molecule has 1 amide bonds. The molecule has 1 aromatic heterocycles. The number of nitrogens with one attached hydrogen (secondary N) is 1. The van der Waals surface area contributed by atoms with Crippen molar-refractivity contribution in [2.75, 3.05) is 18.6 Å². The van der Waals surface area contributed by atoms with Crippen LogP contribution in [0.5, 0.6) is 5.75 Å². The van der Waals surface area contributed by atoms with E-state index in [0.29, 0.717) is 16.7 Å². The number of hydrogen-bond donors (Lipinski definition) is 1. The van der Waals surface area contributed by atoms with Crippen molar-refractivity contribution in [2.24, 2.45) is 0 Å². The summed E-state index contributed by atoms with van der Waals surface area (Å²) in [7, 11) is 1.64. The minimum Gasteiger partial charge on any atom is -0.496 e. The number of carbonyl (C=O) groups excluding carboxylic acids is 1. The summed E-state index contributed by atoms with van der Waals surface area (Å²) in [6.45, 7) is 3.61. The van der Waals surface area contributed by atoms with Gasteiger partial charge in [-0.15, -0.1) is 23.1 Å². The Balaban J connectivity index is 1.49. The van der Waals surface area contributed by atoms with Crippen molar-refractivity contribution in [1.29, 1.82) is 0 Å². The van der Waals surface area contributed by atoms with E-state index in [-0.39, 0.29) is 5.91 Å². The van der Waals surface area contributed by atoms with Gasteiger partial charge in [0.1, 0.15) is 5.75 Å². The lowest BCUT2D eigenvalue weighted by atomic mass is 10.2. The lowest BCUT2D eigenvalue weighted by Gasteiger charge is -2.33. The molecule has 0 aliphatic carbocycles. The molecule has 2 heterocycles. The molecule has 0 bridgehead atoms. The molecule has 0 saturated heterocycles. The first-order valence-corrected chi connectivity index (χ1v) is 10.9. The fourth-order valence-electron chi connectivity index (χ4n) is 3.30. The van der Waals surface area contributed by atoms with Crippen LogP contribution in [0.1, 0.15) is 22.2 Å². The Bertz CT molecular complexity index is 986. The first-order chi connectivity index (χ1) is 13.7. The normalized spacial score (nSPS) is 15.8. The van der Waals surface area contributed by atoms with E-state index in [0.717, 1.165) is 22.9 Å². The zero-order valence-electron chi connectivity index (χ0n) is 15.8. The molecule has 0 radical (unpaired) electrons. The number of fused-ring (bicyclic) bond motifs is 1. The smallest absolute Gasteiger partial charge is 0.261 e. The average Bonchev–Trinajstić information content (AvgIpc) is 3.21. The number of benzene rings is 2. The van der Waals surface area contributed by atoms with Crippen molar-refractivity contribution in [3.63, 3.8) is 0 Å². The van der Waals surface area contributed by atoms with Gasteiger partial charge >= 0.3 is 0 Å². The molecule has 1 N–H and O–H groups in total. The molecule has 1 atom stereocenters. The maximum absolute atomic E-state index is 12.7. The summed E-state index contributed by atoms with van der Waals surface area (Å²) >= 11 is 3.44. The van der Waals surface area contributed by atoms with E-state index < -0.39 is 0 Å². The Labute approximate surface area is 173 Å². The van der Waals surface area contributed by atoms with Crippen LogP contribution in [0.4, 0.5) is 10.7 Å². The van der Waals surface area contributed by atoms with E-state index in [2.05, 4.69) is 41.4 Å². The summed E-state index contributed by atoms with van der Waals surface area (Å²) in [5.41, 5.74) is 2.18. The number of amides is 1. The summed E-state index contributed by atoms with van der Waals surface area (Å²) in [6, 6.07) is 20.1. The van der Waals surface area contributed by atoms with Gasteiger partial charge in [0.25, 0.3) is 5.91 Å². The van der Waals surface area contributed by atoms with Crippen molar-refractivity contribution in [3.05, 3.63) is 71.1 Å². The molecule has 1 aliphatic heterocycles. The summed E-state index contributed by atoms with van der Waals surface area (Å²) in [6.07, 6.45) is 0. The largest absolute Gasteiger partial charge is 0.496 e. The number of ether oxygens (including phenoxy) is 1. The SMILES string of the molecule is COc1ccccc1CNC(=O)c1ccc(N2CC(C)Sc3ccccc32)s1. The summed E-state index contributed by atoms with van der Waals surface area (Å²) in [5, 5.41) is 4.60. The quantitative estimate of drug-likeness (QED) is 0.618. The molecule has 28 heavy (non-hydrogen) atoms. The number of methoxy groups -OCH3 is 1. The van der Waals surface area contributed by atoms with Crippen LogP contribution in [0.3, 0.4) is 0 Å². The number of rotatable bonds is 5. The Morgan fingerprint density at radius 2 is 1.93 bits per heavy atom. The lowest BCUT2D eigenvalue weighted by Crippen LogP contribution is -2.28. The van der Waals surface area contributed by atoms with Gasteiger partial charge in [-0.3, -0.25) is 4.79 Å². The molecule has 4 rings (SSSR count). The predicted molar refractivity (Wildman–Crippen MR) is 117 cm³/mol. The Morgan fingerprint density at radius 3 is 2.79 bits per heavy atom. The Morgan fingerprint density at radius 1 is 1.14 bits per heavy atom. The number of anilines is 2. The lowest BCUT2D eigenvalue weighted by molar-refractivity contribution is 0.0954. The van der Waals surface area contributed by atoms with E-state index in [1.807, 2.05) is 48.2 Å². The van der Waals surface area contributed by atoms with Gasteiger partial charge < -0.3 is 15.0 Å². The summed E-state index contributed by atoms with van der Waals surface area (Å²) in [5.74, 6) is 0.723. The van der Waals surface area contributed by atoms with E-state index in [1.54, 1.807) is 7.11 Å². The highest BCUT2D eigenvalue weighted by atomic mass is 32.2. The second-order valence-corrected chi connectivity index (χ2v) is 9.18. The van der Waals surface area contributed by atoms with E-state index in [1.165, 1.54) is 21.9 Å². The molecule has 3 aromatic rings. The molecule has 0 fully saturated rings. The highest BCUT2D eigenvalue weighted by Gasteiger charge is 2.24. The highest BCUT2D eigenvalue weighted by Crippen LogP contribution is 2.43. The van der Waals surface area contributed by atoms with E-state index in [9.17, 15) is 4.79 Å². The third-order valence-corrected chi connectivity index (χ3v) is 6.90. The number of para-hydroxylation sites is 2. The molecule has 6 heteroatoms. The van der Waals surface area contributed by atoms with Crippen LogP contribution in [-0.2, 0) is 6.54 Å². The predicted octanol–water partition coefficient (Wildman–Crippen LogP) is 5.32. The van der Waals surface area contributed by atoms with Crippen LogP contribution in [-0.4, -0.2) is 24.8 Å². The zero-order valence-corrected chi connectivity index (χ0v) is 17.5. The first kappa shape index (κ1) is 18.9. The standard InChI is InChI=1S/C22H22N2O2S2/c1-15-14-24(17-8-4-6-10-19(17)27-15)21-12-11-20(28-21)22(25)23-13-16-7-3-5-9-18(16)26-2/h3-12,15H,13-14H2,1-2H3,(H,23,25). The van der Waals surface area contributed by atoms with E-state index >= 15 is 0 Å². The van der Waals surface area contributed by atoms with Gasteiger partial charge in [0.05, 0.1) is 22.7 Å². The Kier molecular flexibility index (Phi) is 5.59. The molecular formula is C22H22N2O2S2. The first-order valence-electron chi connectivity index (χ1n) is 9.19. The molecule has 0 spiro atoms. The molecule has 2 aromatic carbocycles. The van der Waals surface area contributed by atoms with Gasteiger partial charge in [-0.2, -0.15) is 0 Å².